The molecule has 3 aromatic carbocycles. The molecule has 0 spiro atoms. The second kappa shape index (κ2) is 12.2. The summed E-state index contributed by atoms with van der Waals surface area (Å²) in [7, 11) is 1.57. The van der Waals surface area contributed by atoms with Gasteiger partial charge in [-0.25, -0.2) is 0 Å². The highest BCUT2D eigenvalue weighted by molar-refractivity contribution is 14.1. The summed E-state index contributed by atoms with van der Waals surface area (Å²) >= 11 is 8.13. The number of carbonyl (C=O) groups excluding carboxylic acids is 1. The van der Waals surface area contributed by atoms with Gasteiger partial charge in [-0.1, -0.05) is 41.9 Å². The number of benzene rings is 3. The van der Waals surface area contributed by atoms with Gasteiger partial charge < -0.3 is 19.3 Å². The monoisotopic (exact) mass is 613 g/mol. The number of para-hydroxylation sites is 1. The van der Waals surface area contributed by atoms with Crippen LogP contribution in [0.25, 0.3) is 6.08 Å². The molecule has 0 N–H and O–H groups in total. The Hall–Kier alpha value is -3.22. The zero-order chi connectivity index (χ0) is 25.5. The predicted molar refractivity (Wildman–Crippen MR) is 150 cm³/mol. The average Bonchev–Trinajstić information content (AvgIpc) is 2.92. The second-order valence-electron chi connectivity index (χ2n) is 8.23. The summed E-state index contributed by atoms with van der Waals surface area (Å²) in [6, 6.07) is 23.3. The van der Waals surface area contributed by atoms with Crippen molar-refractivity contribution < 1.29 is 14.3 Å². The maximum atomic E-state index is 13.1. The van der Waals surface area contributed by atoms with Gasteiger partial charge in [-0.05, 0) is 76.2 Å². The standard InChI is InChI=1S/C28H25ClIN3O3/c1-35-26-17-21(16-25(30)27(26)36-19-20-7-9-23(29)10-8-20)15-22(18-31)28(34)33-13-11-32(12-14-33)24-5-3-2-4-6-24/h2-10,15-17H,11-14,19H2,1H3/b22-15+. The molecule has 0 atom stereocenters. The summed E-state index contributed by atoms with van der Waals surface area (Å²) in [4.78, 5) is 17.1. The first kappa shape index (κ1) is 25.9. The molecule has 1 amide bonds. The van der Waals surface area contributed by atoms with E-state index in [1.165, 1.54) is 0 Å². The van der Waals surface area contributed by atoms with Crippen molar-refractivity contribution >= 4 is 51.9 Å². The number of amides is 1. The van der Waals surface area contributed by atoms with Gasteiger partial charge in [-0.15, -0.1) is 0 Å². The average molecular weight is 614 g/mol. The Morgan fingerprint density at radius 2 is 1.78 bits per heavy atom. The van der Waals surface area contributed by atoms with Crippen molar-refractivity contribution in [2.75, 3.05) is 38.2 Å². The third-order valence-corrected chi connectivity index (χ3v) is 6.95. The fourth-order valence-electron chi connectivity index (χ4n) is 3.98. The molecule has 1 saturated heterocycles. The molecular weight excluding hydrogens is 589 g/mol. The van der Waals surface area contributed by atoms with E-state index in [1.807, 2.05) is 48.5 Å². The number of anilines is 1. The number of halogens is 2. The number of nitriles is 1. The molecule has 0 radical (unpaired) electrons. The third kappa shape index (κ3) is 6.31. The van der Waals surface area contributed by atoms with Gasteiger partial charge in [0.1, 0.15) is 18.2 Å². The SMILES string of the molecule is COc1cc(/C=C(\C#N)C(=O)N2CCN(c3ccccc3)CC2)cc(I)c1OCc1ccc(Cl)cc1. The Balaban J connectivity index is 1.46. The molecular formula is C28H25ClIN3O3. The van der Waals surface area contributed by atoms with Gasteiger partial charge in [0.05, 0.1) is 10.7 Å². The van der Waals surface area contributed by atoms with Gasteiger partial charge in [-0.2, -0.15) is 5.26 Å². The molecule has 184 valence electrons. The van der Waals surface area contributed by atoms with Crippen molar-refractivity contribution in [1.82, 2.24) is 4.90 Å². The van der Waals surface area contributed by atoms with Crippen LogP contribution in [0.2, 0.25) is 5.02 Å². The Labute approximate surface area is 229 Å². The molecule has 0 bridgehead atoms. The highest BCUT2D eigenvalue weighted by atomic mass is 127. The van der Waals surface area contributed by atoms with Crippen molar-refractivity contribution in [1.29, 1.82) is 5.26 Å². The summed E-state index contributed by atoms with van der Waals surface area (Å²) in [5.41, 5.74) is 2.91. The van der Waals surface area contributed by atoms with Crippen molar-refractivity contribution in [2.24, 2.45) is 0 Å². The third-order valence-electron chi connectivity index (χ3n) is 5.90. The summed E-state index contributed by atoms with van der Waals surface area (Å²) in [6.07, 6.45) is 1.61. The van der Waals surface area contributed by atoms with Gasteiger partial charge in [0, 0.05) is 36.9 Å². The summed E-state index contributed by atoms with van der Waals surface area (Å²) in [5.74, 6) is 0.873. The van der Waals surface area contributed by atoms with Crippen LogP contribution in [0.4, 0.5) is 5.69 Å². The fourth-order valence-corrected chi connectivity index (χ4v) is 4.89. The maximum absolute atomic E-state index is 13.1. The van der Waals surface area contributed by atoms with Crippen molar-refractivity contribution in [3.63, 3.8) is 0 Å². The van der Waals surface area contributed by atoms with Crippen LogP contribution in [-0.2, 0) is 11.4 Å². The normalized spacial score (nSPS) is 13.8. The van der Waals surface area contributed by atoms with Crippen LogP contribution in [0.5, 0.6) is 11.5 Å². The Morgan fingerprint density at radius 1 is 1.08 bits per heavy atom. The quantitative estimate of drug-likeness (QED) is 0.192. The summed E-state index contributed by atoms with van der Waals surface area (Å²) in [5, 5.41) is 10.4. The molecule has 0 unspecified atom stereocenters. The highest BCUT2D eigenvalue weighted by Gasteiger charge is 2.24. The highest BCUT2D eigenvalue weighted by Crippen LogP contribution is 2.35. The minimum absolute atomic E-state index is 0.0934. The molecule has 6 nitrogen and oxygen atoms in total. The smallest absolute Gasteiger partial charge is 0.264 e. The molecule has 4 rings (SSSR count). The van der Waals surface area contributed by atoms with Crippen LogP contribution in [-0.4, -0.2) is 44.1 Å². The lowest BCUT2D eigenvalue weighted by atomic mass is 10.1. The minimum atomic E-state index is -0.262. The van der Waals surface area contributed by atoms with Crippen LogP contribution in [0.3, 0.4) is 0 Å². The van der Waals surface area contributed by atoms with Crippen LogP contribution in [0, 0.1) is 14.9 Å². The molecule has 1 fully saturated rings. The lowest BCUT2D eigenvalue weighted by Crippen LogP contribution is -2.49. The molecule has 36 heavy (non-hydrogen) atoms. The lowest BCUT2D eigenvalue weighted by Gasteiger charge is -2.36. The van der Waals surface area contributed by atoms with E-state index >= 15 is 0 Å². The number of rotatable bonds is 7. The van der Waals surface area contributed by atoms with Gasteiger partial charge in [0.15, 0.2) is 11.5 Å². The number of piperazine rings is 1. The molecule has 1 aliphatic rings. The number of carbonyl (C=O) groups is 1. The van der Waals surface area contributed by atoms with Crippen LogP contribution >= 0.6 is 34.2 Å². The van der Waals surface area contributed by atoms with Crippen LogP contribution in [0.15, 0.2) is 72.3 Å². The summed E-state index contributed by atoms with van der Waals surface area (Å²) < 4.78 is 12.4. The zero-order valence-electron chi connectivity index (χ0n) is 19.8. The van der Waals surface area contributed by atoms with E-state index in [-0.39, 0.29) is 11.5 Å². The number of ether oxygens (including phenoxy) is 2. The molecule has 1 heterocycles. The van der Waals surface area contributed by atoms with Gasteiger partial charge >= 0.3 is 0 Å². The Kier molecular flexibility index (Phi) is 8.73. The molecule has 3 aromatic rings. The molecule has 8 heteroatoms. The maximum Gasteiger partial charge on any atom is 0.264 e. The Morgan fingerprint density at radius 3 is 2.42 bits per heavy atom. The van der Waals surface area contributed by atoms with Crippen LogP contribution < -0.4 is 14.4 Å². The van der Waals surface area contributed by atoms with Crippen LogP contribution in [0.1, 0.15) is 11.1 Å². The second-order valence-corrected chi connectivity index (χ2v) is 9.83. The molecule has 1 aliphatic heterocycles. The predicted octanol–water partition coefficient (Wildman–Crippen LogP) is 5.79. The van der Waals surface area contributed by atoms with Crippen molar-refractivity contribution in [2.45, 2.75) is 6.61 Å². The summed E-state index contributed by atoms with van der Waals surface area (Å²) in [6.45, 7) is 2.92. The van der Waals surface area contributed by atoms with E-state index in [4.69, 9.17) is 21.1 Å². The van der Waals surface area contributed by atoms with Gasteiger partial charge in [0.2, 0.25) is 0 Å². The zero-order valence-corrected chi connectivity index (χ0v) is 22.7. The topological polar surface area (TPSA) is 65.8 Å². The lowest BCUT2D eigenvalue weighted by molar-refractivity contribution is -0.126. The van der Waals surface area contributed by atoms with E-state index < -0.39 is 0 Å². The van der Waals surface area contributed by atoms with Gasteiger partial charge in [-0.3, -0.25) is 4.79 Å². The fraction of sp³-hybridized carbons (Fsp3) is 0.214. The number of nitrogens with zero attached hydrogens (tertiary/aromatic N) is 3. The molecule has 0 aliphatic carbocycles. The first-order valence-electron chi connectivity index (χ1n) is 11.4. The first-order chi connectivity index (χ1) is 17.5. The molecule has 0 saturated carbocycles. The van der Waals surface area contributed by atoms with E-state index in [1.54, 1.807) is 24.2 Å². The largest absolute Gasteiger partial charge is 0.493 e. The van der Waals surface area contributed by atoms with Gasteiger partial charge in [0.25, 0.3) is 5.91 Å². The minimum Gasteiger partial charge on any atom is -0.493 e. The first-order valence-corrected chi connectivity index (χ1v) is 12.9. The van der Waals surface area contributed by atoms with Crippen molar-refractivity contribution in [3.05, 3.63) is 92.0 Å². The Bertz CT molecular complexity index is 1280. The van der Waals surface area contributed by atoms with E-state index in [0.29, 0.717) is 41.8 Å². The number of methoxy groups -OCH3 is 1. The van der Waals surface area contributed by atoms with Crippen molar-refractivity contribution in [3.8, 4) is 17.6 Å². The number of hydrogen-bond donors (Lipinski definition) is 0. The van der Waals surface area contributed by atoms with E-state index in [9.17, 15) is 10.1 Å². The van der Waals surface area contributed by atoms with E-state index in [2.05, 4.69) is 45.7 Å². The number of hydrogen-bond acceptors (Lipinski definition) is 5. The molecule has 0 aromatic heterocycles. The van der Waals surface area contributed by atoms with E-state index in [0.717, 1.165) is 27.9 Å².